The molecule has 1 atom stereocenters. The zero-order valence-electron chi connectivity index (χ0n) is 14.9. The van der Waals surface area contributed by atoms with Gasteiger partial charge in [0.15, 0.2) is 6.04 Å². The number of para-hydroxylation sites is 1. The predicted octanol–water partition coefficient (Wildman–Crippen LogP) is 0.219. The summed E-state index contributed by atoms with van der Waals surface area (Å²) in [7, 11) is 2.21. The number of ether oxygens (including phenoxy) is 1. The van der Waals surface area contributed by atoms with E-state index in [1.54, 1.807) is 4.90 Å². The summed E-state index contributed by atoms with van der Waals surface area (Å²) in [4.78, 5) is 15.4. The van der Waals surface area contributed by atoms with Crippen LogP contribution in [0.3, 0.4) is 0 Å². The molecular weight excluding hydrogens is 314 g/mol. The second kappa shape index (κ2) is 8.14. The zero-order valence-corrected chi connectivity index (χ0v) is 14.9. The van der Waals surface area contributed by atoms with E-state index in [4.69, 9.17) is 4.74 Å². The van der Waals surface area contributed by atoms with Gasteiger partial charge in [0.25, 0.3) is 5.91 Å². The summed E-state index contributed by atoms with van der Waals surface area (Å²) in [6.45, 7) is 6.35. The molecule has 5 heteroatoms. The third-order valence-electron chi connectivity index (χ3n) is 4.85. The van der Waals surface area contributed by atoms with E-state index < -0.39 is 0 Å². The number of hydrogen-bond acceptors (Lipinski definition) is 2. The Hall–Kier alpha value is -2.37. The van der Waals surface area contributed by atoms with Gasteiger partial charge in [0, 0.05) is 5.69 Å². The van der Waals surface area contributed by atoms with Crippen LogP contribution in [-0.2, 0) is 4.79 Å². The summed E-state index contributed by atoms with van der Waals surface area (Å²) >= 11 is 0. The number of rotatable bonds is 5. The number of nitrogens with one attached hydrogen (secondary N) is 3. The summed E-state index contributed by atoms with van der Waals surface area (Å²) < 4.78 is 5.77. The van der Waals surface area contributed by atoms with Crippen molar-refractivity contribution in [2.24, 2.45) is 0 Å². The average Bonchev–Trinajstić information content (AvgIpc) is 2.64. The second-order valence-corrected chi connectivity index (χ2v) is 6.77. The molecule has 3 rings (SSSR count). The molecular formula is C20H27N3O2+2. The predicted molar refractivity (Wildman–Crippen MR) is 98.4 cm³/mol. The first kappa shape index (κ1) is 17.5. The minimum atomic E-state index is -0.0339. The van der Waals surface area contributed by atoms with Gasteiger partial charge in [0.2, 0.25) is 0 Å². The van der Waals surface area contributed by atoms with Crippen LogP contribution in [0.15, 0.2) is 54.6 Å². The molecule has 1 aliphatic heterocycles. The van der Waals surface area contributed by atoms with Crippen LogP contribution in [0.5, 0.6) is 11.5 Å². The van der Waals surface area contributed by atoms with E-state index in [-0.39, 0.29) is 11.9 Å². The largest absolute Gasteiger partial charge is 0.457 e. The molecule has 0 saturated carbocycles. The zero-order chi connectivity index (χ0) is 17.6. The summed E-state index contributed by atoms with van der Waals surface area (Å²) in [5.74, 6) is 1.63. The molecule has 0 aromatic heterocycles. The van der Waals surface area contributed by atoms with Gasteiger partial charge in [0.05, 0.1) is 7.05 Å². The molecule has 2 aromatic carbocycles. The topological polar surface area (TPSA) is 47.2 Å². The van der Waals surface area contributed by atoms with Crippen LogP contribution in [0.4, 0.5) is 5.69 Å². The van der Waals surface area contributed by atoms with Gasteiger partial charge in [0.1, 0.15) is 37.7 Å². The van der Waals surface area contributed by atoms with Gasteiger partial charge >= 0.3 is 0 Å². The highest BCUT2D eigenvalue weighted by Crippen LogP contribution is 2.22. The van der Waals surface area contributed by atoms with Gasteiger partial charge in [-0.15, -0.1) is 0 Å². The van der Waals surface area contributed by atoms with Gasteiger partial charge in [-0.2, -0.15) is 0 Å². The molecule has 1 saturated heterocycles. The number of piperazine rings is 1. The van der Waals surface area contributed by atoms with Crippen LogP contribution in [0.25, 0.3) is 0 Å². The average molecular weight is 341 g/mol. The lowest BCUT2D eigenvalue weighted by Gasteiger charge is -2.30. The number of carbonyl (C=O) groups is 1. The van der Waals surface area contributed by atoms with Crippen molar-refractivity contribution in [2.45, 2.75) is 13.0 Å². The standard InChI is InChI=1S/C20H25N3O2/c1-16(23-14-12-22(2)13-15-23)20(24)21-17-8-10-19(11-9-17)25-18-6-4-3-5-7-18/h3-11,16H,12-15H2,1-2H3,(H,21,24)/p+2/t16-/m0/s1. The van der Waals surface area contributed by atoms with Crippen molar-refractivity contribution in [1.82, 2.24) is 0 Å². The van der Waals surface area contributed by atoms with Crippen molar-refractivity contribution in [1.29, 1.82) is 0 Å². The summed E-state index contributed by atoms with van der Waals surface area (Å²) in [5, 5.41) is 3.02. The molecule has 1 heterocycles. The maximum atomic E-state index is 12.5. The van der Waals surface area contributed by atoms with Crippen molar-refractivity contribution >= 4 is 11.6 Å². The Morgan fingerprint density at radius 3 is 2.20 bits per heavy atom. The number of carbonyl (C=O) groups excluding carboxylic acids is 1. The normalized spacial score (nSPS) is 21.4. The summed E-state index contributed by atoms with van der Waals surface area (Å²) in [6.07, 6.45) is 0. The van der Waals surface area contributed by atoms with Crippen molar-refractivity contribution in [2.75, 3.05) is 38.5 Å². The van der Waals surface area contributed by atoms with Gasteiger partial charge in [-0.3, -0.25) is 4.79 Å². The molecule has 3 N–H and O–H groups in total. The monoisotopic (exact) mass is 341 g/mol. The number of likely N-dealkylation sites (N-methyl/N-ethyl adjacent to an activating group) is 1. The van der Waals surface area contributed by atoms with E-state index in [0.29, 0.717) is 0 Å². The Labute approximate surface area is 149 Å². The maximum absolute atomic E-state index is 12.5. The number of benzene rings is 2. The Morgan fingerprint density at radius 1 is 0.960 bits per heavy atom. The van der Waals surface area contributed by atoms with Crippen LogP contribution in [0, 0.1) is 0 Å². The van der Waals surface area contributed by atoms with Crippen LogP contribution in [-0.4, -0.2) is 45.2 Å². The minimum absolute atomic E-state index is 0.0339. The van der Waals surface area contributed by atoms with E-state index >= 15 is 0 Å². The first-order valence-corrected chi connectivity index (χ1v) is 8.91. The van der Waals surface area contributed by atoms with Crippen molar-refractivity contribution in [3.63, 3.8) is 0 Å². The molecule has 2 aromatic rings. The van der Waals surface area contributed by atoms with E-state index in [0.717, 1.165) is 43.4 Å². The van der Waals surface area contributed by atoms with Crippen molar-refractivity contribution in [3.8, 4) is 11.5 Å². The van der Waals surface area contributed by atoms with Gasteiger partial charge in [-0.25, -0.2) is 0 Å². The van der Waals surface area contributed by atoms with Crippen molar-refractivity contribution < 1.29 is 19.3 Å². The SMILES string of the molecule is C[C@@H](C(=O)Nc1ccc(Oc2ccccc2)cc1)[NH+]1CC[NH+](C)CC1. The molecule has 1 fully saturated rings. The van der Waals surface area contributed by atoms with Crippen LogP contribution in [0.1, 0.15) is 6.92 Å². The number of amides is 1. The second-order valence-electron chi connectivity index (χ2n) is 6.77. The fourth-order valence-electron chi connectivity index (χ4n) is 3.10. The molecule has 1 amide bonds. The smallest absolute Gasteiger partial charge is 0.282 e. The molecule has 132 valence electrons. The van der Waals surface area contributed by atoms with Gasteiger partial charge < -0.3 is 19.9 Å². The maximum Gasteiger partial charge on any atom is 0.282 e. The fourth-order valence-corrected chi connectivity index (χ4v) is 3.10. The molecule has 0 spiro atoms. The molecule has 0 unspecified atom stereocenters. The molecule has 25 heavy (non-hydrogen) atoms. The number of anilines is 1. The van der Waals surface area contributed by atoms with E-state index in [1.165, 1.54) is 4.90 Å². The van der Waals surface area contributed by atoms with Crippen LogP contribution < -0.4 is 19.9 Å². The lowest BCUT2D eigenvalue weighted by molar-refractivity contribution is -1.01. The van der Waals surface area contributed by atoms with E-state index in [1.807, 2.05) is 61.5 Å². The van der Waals surface area contributed by atoms with Crippen LogP contribution in [0.2, 0.25) is 0 Å². The first-order valence-electron chi connectivity index (χ1n) is 8.91. The fraction of sp³-hybridized carbons (Fsp3) is 0.350. The van der Waals surface area contributed by atoms with E-state index in [2.05, 4.69) is 12.4 Å². The lowest BCUT2D eigenvalue weighted by atomic mass is 10.2. The Kier molecular flexibility index (Phi) is 5.68. The quantitative estimate of drug-likeness (QED) is 0.729. The summed E-state index contributed by atoms with van der Waals surface area (Å²) in [6, 6.07) is 17.1. The highest BCUT2D eigenvalue weighted by Gasteiger charge is 2.29. The Bertz CT molecular complexity index is 680. The minimum Gasteiger partial charge on any atom is -0.457 e. The Balaban J connectivity index is 1.54. The third-order valence-corrected chi connectivity index (χ3v) is 4.85. The number of quaternary nitrogens is 2. The Morgan fingerprint density at radius 2 is 1.56 bits per heavy atom. The molecule has 0 aliphatic carbocycles. The highest BCUT2D eigenvalue weighted by molar-refractivity contribution is 5.93. The lowest BCUT2D eigenvalue weighted by Crippen LogP contribution is -3.29. The molecule has 1 aliphatic rings. The highest BCUT2D eigenvalue weighted by atomic mass is 16.5. The van der Waals surface area contributed by atoms with Gasteiger partial charge in [-0.05, 0) is 43.3 Å². The van der Waals surface area contributed by atoms with Crippen molar-refractivity contribution in [3.05, 3.63) is 54.6 Å². The third kappa shape index (κ3) is 4.81. The summed E-state index contributed by atoms with van der Waals surface area (Å²) in [5.41, 5.74) is 0.802. The van der Waals surface area contributed by atoms with Crippen LogP contribution >= 0.6 is 0 Å². The van der Waals surface area contributed by atoms with E-state index in [9.17, 15) is 4.79 Å². The first-order chi connectivity index (χ1) is 12.1. The molecule has 0 radical (unpaired) electrons. The number of hydrogen-bond donors (Lipinski definition) is 3. The molecule has 5 nitrogen and oxygen atoms in total. The molecule has 0 bridgehead atoms. The van der Waals surface area contributed by atoms with Gasteiger partial charge in [-0.1, -0.05) is 18.2 Å².